The molecule has 5 aliphatic rings. The van der Waals surface area contributed by atoms with Gasteiger partial charge < -0.3 is 29.3 Å². The normalized spacial score (nSPS) is 47.8. The van der Waals surface area contributed by atoms with Gasteiger partial charge in [-0.2, -0.15) is 0 Å². The summed E-state index contributed by atoms with van der Waals surface area (Å²) in [5.41, 5.74) is 0.916. The van der Waals surface area contributed by atoms with Gasteiger partial charge in [0.05, 0.1) is 18.8 Å². The van der Waals surface area contributed by atoms with Crippen LogP contribution in [-0.2, 0) is 23.7 Å². The molecular formula is C31H43NO7. The number of hydrogen-bond acceptors (Lipinski definition) is 8. The molecule has 2 bridgehead atoms. The van der Waals surface area contributed by atoms with Crippen molar-refractivity contribution in [1.82, 2.24) is 0 Å². The number of aliphatic hydroxyl groups is 1. The number of carbonyl (C=O) groups is 1. The lowest BCUT2D eigenvalue weighted by molar-refractivity contribution is -0.332. The van der Waals surface area contributed by atoms with Crippen LogP contribution in [0.5, 0.6) is 0 Å². The lowest BCUT2D eigenvalue weighted by Crippen LogP contribution is -2.57. The Bertz CT molecular complexity index is 1120. The number of hydrogen-bond donors (Lipinski definition) is 2. The second-order valence-electron chi connectivity index (χ2n) is 12.4. The number of esters is 1. The molecule has 8 heteroatoms. The van der Waals surface area contributed by atoms with Crippen molar-refractivity contribution in [1.29, 1.82) is 0 Å². The van der Waals surface area contributed by atoms with Crippen molar-refractivity contribution >= 4 is 11.7 Å². The highest BCUT2D eigenvalue weighted by molar-refractivity contribution is 6.06. The van der Waals surface area contributed by atoms with Crippen LogP contribution in [0.15, 0.2) is 52.3 Å². The largest absolute Gasteiger partial charge is 0.462 e. The molecule has 5 rings (SSSR count). The van der Waals surface area contributed by atoms with Gasteiger partial charge in [-0.05, 0) is 63.0 Å². The van der Waals surface area contributed by atoms with E-state index in [4.69, 9.17) is 18.9 Å². The zero-order chi connectivity index (χ0) is 27.9. The molecule has 39 heavy (non-hydrogen) atoms. The fourth-order valence-corrected chi connectivity index (χ4v) is 6.85. The fourth-order valence-electron chi connectivity index (χ4n) is 6.85. The number of ether oxygens (including phenoxy) is 4. The van der Waals surface area contributed by atoms with Crippen LogP contribution < -0.4 is 0 Å². The Labute approximate surface area is 231 Å². The van der Waals surface area contributed by atoms with E-state index >= 15 is 0 Å². The number of carbonyl (C=O) groups excluding carboxylic acids is 1. The smallest absolute Gasteiger partial charge is 0.316 e. The second kappa shape index (κ2) is 11.0. The van der Waals surface area contributed by atoms with Gasteiger partial charge in [-0.3, -0.25) is 4.79 Å². The minimum absolute atomic E-state index is 0.0431. The van der Waals surface area contributed by atoms with Gasteiger partial charge in [0.2, 0.25) is 0 Å². The summed E-state index contributed by atoms with van der Waals surface area (Å²) in [5, 5.41) is 25.2. The van der Waals surface area contributed by atoms with Gasteiger partial charge in [0.15, 0.2) is 5.79 Å². The van der Waals surface area contributed by atoms with Gasteiger partial charge in [-0.1, -0.05) is 55.0 Å². The van der Waals surface area contributed by atoms with Gasteiger partial charge in [-0.25, -0.2) is 0 Å². The molecule has 4 aliphatic heterocycles. The van der Waals surface area contributed by atoms with Gasteiger partial charge in [0.1, 0.15) is 29.4 Å². The highest BCUT2D eigenvalue weighted by atomic mass is 16.7. The molecule has 0 aromatic rings. The van der Waals surface area contributed by atoms with E-state index in [1.165, 1.54) is 5.57 Å². The van der Waals surface area contributed by atoms with Gasteiger partial charge >= 0.3 is 5.97 Å². The molecule has 0 aromatic heterocycles. The number of oxime groups is 1. The first-order chi connectivity index (χ1) is 18.5. The van der Waals surface area contributed by atoms with Crippen molar-refractivity contribution in [2.24, 2.45) is 22.9 Å². The van der Waals surface area contributed by atoms with Gasteiger partial charge in [0, 0.05) is 19.3 Å². The van der Waals surface area contributed by atoms with Crippen LogP contribution in [0.2, 0.25) is 0 Å². The Kier molecular flexibility index (Phi) is 7.94. The molecule has 0 amide bonds. The predicted octanol–water partition coefficient (Wildman–Crippen LogP) is 5.00. The molecule has 0 aromatic carbocycles. The SMILES string of the molecule is CC1=CC2C(=O)OC3C[C@@H](C/C=C(\C)C[C@@H](C)/C=C/C=C4\CO[C@H](/C1=N/O)[C@@]42O)O[C@@]1(CC[C@H](C)[C@@H](C)O1)C3. The third kappa shape index (κ3) is 5.41. The molecule has 0 saturated carbocycles. The standard InChI is InChI=1S/C31H43NO7/c1-18-7-6-8-23-17-36-28-27(32-35)21(4)14-26(31(23,28)34)29(33)37-25-15-24(10-9-19(2)13-18)39-30(16-25)12-11-20(3)22(5)38-30/h6-9,14,18,20,22,24-26,28,34-35H,10-13,15-17H2,1-5H3/b7-6+,19-9+,23-8+,32-27+/t18-,20-,22+,24+,25?,26?,28+,30-,31+/m0/s1. The summed E-state index contributed by atoms with van der Waals surface area (Å²) in [6.45, 7) is 10.4. The molecule has 2 N–H and O–H groups in total. The van der Waals surface area contributed by atoms with Crippen LogP contribution in [0.25, 0.3) is 0 Å². The molecular weight excluding hydrogens is 498 g/mol. The molecule has 2 unspecified atom stereocenters. The number of rotatable bonds is 0. The monoisotopic (exact) mass is 541 g/mol. The average Bonchev–Trinajstić information content (AvgIpc) is 3.21. The Morgan fingerprint density at radius 2 is 1.92 bits per heavy atom. The van der Waals surface area contributed by atoms with E-state index in [0.29, 0.717) is 36.3 Å². The van der Waals surface area contributed by atoms with E-state index < -0.39 is 35.5 Å². The van der Waals surface area contributed by atoms with Crippen LogP contribution in [0, 0.1) is 17.8 Å². The van der Waals surface area contributed by atoms with E-state index in [2.05, 4.69) is 45.0 Å². The first-order valence-electron chi connectivity index (χ1n) is 14.4. The minimum atomic E-state index is -1.72. The van der Waals surface area contributed by atoms with Crippen molar-refractivity contribution in [3.05, 3.63) is 47.1 Å². The summed E-state index contributed by atoms with van der Waals surface area (Å²) in [4.78, 5) is 13.9. The number of nitrogens with zero attached hydrogens (tertiary/aromatic N) is 1. The van der Waals surface area contributed by atoms with Crippen LogP contribution in [0.4, 0.5) is 0 Å². The molecule has 3 saturated heterocycles. The van der Waals surface area contributed by atoms with Gasteiger partial charge in [-0.15, -0.1) is 0 Å². The van der Waals surface area contributed by atoms with E-state index in [0.717, 1.165) is 19.3 Å². The topological polar surface area (TPSA) is 107 Å². The summed E-state index contributed by atoms with van der Waals surface area (Å²) in [7, 11) is 0. The van der Waals surface area contributed by atoms with E-state index in [9.17, 15) is 15.1 Å². The van der Waals surface area contributed by atoms with Crippen molar-refractivity contribution < 1.29 is 34.1 Å². The fraction of sp³-hybridized carbons (Fsp3) is 0.677. The Hall–Kier alpha value is -2.26. The zero-order valence-corrected chi connectivity index (χ0v) is 23.8. The summed E-state index contributed by atoms with van der Waals surface area (Å²) >= 11 is 0. The van der Waals surface area contributed by atoms with Crippen molar-refractivity contribution in [3.63, 3.8) is 0 Å². The Morgan fingerprint density at radius 3 is 2.67 bits per heavy atom. The maximum absolute atomic E-state index is 13.9. The third-order valence-corrected chi connectivity index (χ3v) is 9.25. The Morgan fingerprint density at radius 1 is 1.13 bits per heavy atom. The molecule has 0 radical (unpaired) electrons. The first kappa shape index (κ1) is 28.3. The van der Waals surface area contributed by atoms with E-state index in [-0.39, 0.29) is 30.4 Å². The second-order valence-corrected chi connectivity index (χ2v) is 12.4. The minimum Gasteiger partial charge on any atom is -0.462 e. The molecule has 1 spiro atoms. The maximum atomic E-state index is 13.9. The first-order valence-corrected chi connectivity index (χ1v) is 14.4. The number of fused-ring (bicyclic) bond motifs is 2. The van der Waals surface area contributed by atoms with E-state index in [1.807, 2.05) is 12.2 Å². The third-order valence-electron chi connectivity index (χ3n) is 9.25. The van der Waals surface area contributed by atoms with Crippen LogP contribution in [0.3, 0.4) is 0 Å². The summed E-state index contributed by atoms with van der Waals surface area (Å²) in [5.74, 6) is -1.62. The molecule has 1 aliphatic carbocycles. The molecule has 214 valence electrons. The Balaban J connectivity index is 1.53. The van der Waals surface area contributed by atoms with Crippen LogP contribution >= 0.6 is 0 Å². The average molecular weight is 542 g/mol. The highest BCUT2D eigenvalue weighted by Crippen LogP contribution is 2.46. The maximum Gasteiger partial charge on any atom is 0.316 e. The van der Waals surface area contributed by atoms with Crippen molar-refractivity contribution in [2.45, 2.75) is 109 Å². The number of allylic oxidation sites excluding steroid dienone is 4. The van der Waals surface area contributed by atoms with Crippen LogP contribution in [0.1, 0.15) is 73.1 Å². The highest BCUT2D eigenvalue weighted by Gasteiger charge is 2.59. The van der Waals surface area contributed by atoms with Crippen LogP contribution in [-0.4, -0.2) is 64.4 Å². The molecule has 3 fully saturated rings. The lowest BCUT2D eigenvalue weighted by Gasteiger charge is -2.49. The molecule has 4 heterocycles. The lowest BCUT2D eigenvalue weighted by atomic mass is 9.71. The van der Waals surface area contributed by atoms with Crippen molar-refractivity contribution in [2.75, 3.05) is 6.61 Å². The zero-order valence-electron chi connectivity index (χ0n) is 23.8. The summed E-state index contributed by atoms with van der Waals surface area (Å²) < 4.78 is 25.3. The van der Waals surface area contributed by atoms with E-state index in [1.54, 1.807) is 13.0 Å². The summed E-state index contributed by atoms with van der Waals surface area (Å²) in [6.07, 6.45) is 12.6. The quantitative estimate of drug-likeness (QED) is 0.192. The molecule has 9 atom stereocenters. The van der Waals surface area contributed by atoms with Crippen molar-refractivity contribution in [3.8, 4) is 0 Å². The molecule has 8 nitrogen and oxygen atoms in total. The summed E-state index contributed by atoms with van der Waals surface area (Å²) in [6, 6.07) is 0. The predicted molar refractivity (Wildman–Crippen MR) is 146 cm³/mol. The van der Waals surface area contributed by atoms with Gasteiger partial charge in [0.25, 0.3) is 0 Å².